The van der Waals surface area contributed by atoms with Gasteiger partial charge in [-0.1, -0.05) is 148 Å². The van der Waals surface area contributed by atoms with Crippen molar-refractivity contribution in [2.24, 2.45) is 32.0 Å². The van der Waals surface area contributed by atoms with Crippen LogP contribution in [0.4, 0.5) is 17.6 Å². The van der Waals surface area contributed by atoms with Gasteiger partial charge < -0.3 is 71.8 Å². The predicted octanol–water partition coefficient (Wildman–Crippen LogP) is 2.66. The summed E-state index contributed by atoms with van der Waals surface area (Å²) in [4.78, 5) is 20.9. The van der Waals surface area contributed by atoms with Crippen molar-refractivity contribution >= 4 is 28.5 Å². The minimum absolute atomic E-state index is 0.00539. The topological polar surface area (TPSA) is 406 Å². The summed E-state index contributed by atoms with van der Waals surface area (Å²) >= 11 is 0. The van der Waals surface area contributed by atoms with Crippen LogP contribution in [-0.2, 0) is 66.9 Å². The number of aromatic nitrogens is 9. The van der Waals surface area contributed by atoms with Gasteiger partial charge in [-0.25, -0.2) is 31.6 Å². The van der Waals surface area contributed by atoms with Crippen molar-refractivity contribution in [1.82, 2.24) is 66.2 Å². The van der Waals surface area contributed by atoms with E-state index in [1.165, 1.54) is 9.36 Å². The number of nitrogens with zero attached hydrogens (tertiary/aromatic N) is 11. The van der Waals surface area contributed by atoms with Gasteiger partial charge in [0.25, 0.3) is 16.0 Å². The third-order valence-corrected chi connectivity index (χ3v) is 13.3. The van der Waals surface area contributed by atoms with E-state index < -0.39 is 98.2 Å². The fraction of sp³-hybridized carbons (Fsp3) is 0.754. The van der Waals surface area contributed by atoms with Crippen molar-refractivity contribution < 1.29 is 85.5 Å². The average Bonchev–Trinajstić information content (AvgIpc) is 1.83. The molecule has 4 aromatic rings. The van der Waals surface area contributed by atoms with E-state index >= 15 is 0 Å². The van der Waals surface area contributed by atoms with Gasteiger partial charge in [0.2, 0.25) is 0 Å². The molecule has 12 N–H and O–H groups in total. The Balaban J connectivity index is 0.00000119. The zero-order chi connectivity index (χ0) is 72.8. The molecule has 8 atom stereocenters. The van der Waals surface area contributed by atoms with Crippen LogP contribution in [0.15, 0.2) is 58.1 Å². The lowest BCUT2D eigenvalue weighted by atomic mass is 9.93. The van der Waals surface area contributed by atoms with Gasteiger partial charge in [0.1, 0.15) is 56.6 Å². The summed E-state index contributed by atoms with van der Waals surface area (Å²) in [6.45, 7) is 36.3. The summed E-state index contributed by atoms with van der Waals surface area (Å²) in [5.41, 5.74) is 4.08. The van der Waals surface area contributed by atoms with E-state index in [-0.39, 0.29) is 51.7 Å². The lowest BCUT2D eigenvalue weighted by molar-refractivity contribution is -0.126. The summed E-state index contributed by atoms with van der Waals surface area (Å²) < 4.78 is 84.6. The number of nitrogens with one attached hydrogen (secondary N) is 4. The molecule has 0 fully saturated rings. The number of rotatable bonds is 34. The average molecular weight is 1390 g/mol. The molecule has 0 aliphatic heterocycles. The summed E-state index contributed by atoms with van der Waals surface area (Å²) in [5, 5.41) is 115. The monoisotopic (exact) mass is 1390 g/mol. The highest BCUT2D eigenvalue weighted by molar-refractivity contribution is 7.86. The molecule has 3 aromatic heterocycles. The highest BCUT2D eigenvalue weighted by Crippen LogP contribution is 2.19. The Morgan fingerprint density at radius 3 is 1.40 bits per heavy atom. The zero-order valence-electron chi connectivity index (χ0n) is 58.2. The van der Waals surface area contributed by atoms with E-state index in [0.29, 0.717) is 51.7 Å². The van der Waals surface area contributed by atoms with E-state index in [1.54, 1.807) is 47.5 Å². The van der Waals surface area contributed by atoms with Crippen LogP contribution in [0.1, 0.15) is 127 Å². The SMILES string of the molecule is CC(C)(C)CNC(=O)CO/N=C/C(F)C(O)C(O)C(O)CO.CC(C)(C)CNCCO/N=C/C(F)C(O)C(O)C(O)CO.CC(C)(C)CNCc1cn(CCF)nn1.CC(C)(C)c1cn(CCF)nn1.Cc1ccc(S(=O)(=O)OCCn2cc(CNCC(C)(C)C)nn2)cc1. The van der Waals surface area contributed by atoms with Crippen molar-refractivity contribution in [1.29, 1.82) is 0 Å². The maximum Gasteiger partial charge on any atom is 0.297 e. The van der Waals surface area contributed by atoms with Crippen LogP contribution in [0.2, 0.25) is 0 Å². The first-order valence-corrected chi connectivity index (χ1v) is 32.4. The lowest BCUT2D eigenvalue weighted by Gasteiger charge is -2.22. The second-order valence-electron chi connectivity index (χ2n) is 27.9. The van der Waals surface area contributed by atoms with Gasteiger partial charge in [-0.3, -0.25) is 8.98 Å². The molecular weight excluding hydrogens is 1270 g/mol. The van der Waals surface area contributed by atoms with Gasteiger partial charge in [-0.2, -0.15) is 8.42 Å². The smallest absolute Gasteiger partial charge is 0.297 e. The molecule has 548 valence electrons. The van der Waals surface area contributed by atoms with E-state index in [0.717, 1.165) is 42.3 Å². The Bertz CT molecular complexity index is 2820. The van der Waals surface area contributed by atoms with Crippen molar-refractivity contribution in [2.45, 2.75) is 203 Å². The van der Waals surface area contributed by atoms with Gasteiger partial charge in [0.05, 0.1) is 73.9 Å². The minimum atomic E-state index is -3.74. The zero-order valence-corrected chi connectivity index (χ0v) is 59.0. The molecule has 0 aliphatic rings. The molecule has 1 aromatic carbocycles. The first-order valence-electron chi connectivity index (χ1n) is 31.0. The number of amides is 1. The number of hydrogen-bond donors (Lipinski definition) is 12. The molecule has 0 saturated heterocycles. The van der Waals surface area contributed by atoms with Crippen LogP contribution >= 0.6 is 0 Å². The number of oxime groups is 2. The van der Waals surface area contributed by atoms with E-state index in [1.807, 2.05) is 27.7 Å². The normalized spacial score (nSPS) is 14.9. The second-order valence-corrected chi connectivity index (χ2v) is 29.5. The van der Waals surface area contributed by atoms with Gasteiger partial charge in [-0.05, 0) is 40.7 Å². The molecule has 4 rings (SSSR count). The molecule has 8 unspecified atom stereocenters. The number of alkyl halides is 4. The van der Waals surface area contributed by atoms with Crippen molar-refractivity contribution in [2.75, 3.05) is 79.1 Å². The molecule has 0 saturated carbocycles. The second kappa shape index (κ2) is 44.9. The van der Waals surface area contributed by atoms with E-state index in [4.69, 9.17) is 29.4 Å². The minimum Gasteiger partial charge on any atom is -0.395 e. The van der Waals surface area contributed by atoms with Crippen LogP contribution in [0, 0.1) is 28.6 Å². The fourth-order valence-corrected chi connectivity index (χ4v) is 7.60. The summed E-state index contributed by atoms with van der Waals surface area (Å²) in [5.74, 6) is -0.432. The van der Waals surface area contributed by atoms with Crippen LogP contribution in [0.25, 0.3) is 0 Å². The van der Waals surface area contributed by atoms with Gasteiger partial charge in [0, 0.05) is 69.8 Å². The standard InChI is InChI=1S/C17H26N4O3S.C13H25FN2O6.C13H27FN2O5.C10H19FN4.C8H14FN3/c1-14-5-7-16(8-6-14)25(22,23)24-10-9-21-12-15(19-20-21)11-18-13-17(2,3)4;1-13(2,3)7-15-10(19)6-22-16-4-8(14)11(20)12(21)9(18)5-17;1-13(2,3)8-15-4-5-21-16-6-9(14)11(19)12(20)10(18)7-17;1-10(2,3)8-12-6-9-7-15(5-4-11)14-13-9;1-8(2,3)7-6-12(5-4-9)11-10-7/h5-8,12,18H,9-11,13H2,1-4H3;4,8-9,11-12,17-18,20-21H,5-7H2,1-3H3,(H,15,19);6,9-12,15,17-20H,4-5,7-8H2,1-3H3;7,12H,4-6,8H2,1-3H3;6H,4-5H2,1-3H3/b;16-4+;16-6+;;. The summed E-state index contributed by atoms with van der Waals surface area (Å²) in [6.07, 6.45) is -8.38. The quantitative estimate of drug-likeness (QED) is 0.0105. The Morgan fingerprint density at radius 1 is 0.579 bits per heavy atom. The van der Waals surface area contributed by atoms with E-state index in [2.05, 4.69) is 150 Å². The molecule has 0 radical (unpaired) electrons. The number of carbonyl (C=O) groups excluding carboxylic acids is 1. The number of carbonyl (C=O) groups is 1. The summed E-state index contributed by atoms with van der Waals surface area (Å²) in [7, 11) is -3.74. The molecule has 1 amide bonds. The first-order chi connectivity index (χ1) is 44.0. The highest BCUT2D eigenvalue weighted by Gasteiger charge is 2.32. The number of hydrogen-bond acceptors (Lipinski definition) is 25. The number of aliphatic hydroxyl groups is 8. The number of benzene rings is 1. The first kappa shape index (κ1) is 89.2. The molecule has 0 bridgehead atoms. The van der Waals surface area contributed by atoms with Crippen LogP contribution in [0.3, 0.4) is 0 Å². The third kappa shape index (κ3) is 43.9. The Labute approximate surface area is 557 Å². The highest BCUT2D eigenvalue weighted by atomic mass is 32.2. The van der Waals surface area contributed by atoms with Crippen molar-refractivity contribution in [3.8, 4) is 0 Å². The van der Waals surface area contributed by atoms with Crippen LogP contribution in [-0.4, -0.2) is 241 Å². The predicted molar refractivity (Wildman–Crippen MR) is 351 cm³/mol. The third-order valence-electron chi connectivity index (χ3n) is 12.0. The van der Waals surface area contributed by atoms with Crippen LogP contribution in [0.5, 0.6) is 0 Å². The Kier molecular flexibility index (Phi) is 42.2. The van der Waals surface area contributed by atoms with Gasteiger partial charge >= 0.3 is 0 Å². The maximum atomic E-state index is 13.4. The Morgan fingerprint density at radius 2 is 0.989 bits per heavy atom. The van der Waals surface area contributed by atoms with Crippen molar-refractivity contribution in [3.05, 3.63) is 65.5 Å². The van der Waals surface area contributed by atoms with E-state index in [9.17, 15) is 51.2 Å². The molecular formula is C61H111F4N15O14S. The lowest BCUT2D eigenvalue weighted by Crippen LogP contribution is -2.44. The van der Waals surface area contributed by atoms with Gasteiger partial charge in [0.15, 0.2) is 19.0 Å². The molecule has 29 nitrogen and oxygen atoms in total. The van der Waals surface area contributed by atoms with Gasteiger partial charge in [-0.15, -0.1) is 15.3 Å². The largest absolute Gasteiger partial charge is 0.395 e. The number of aliphatic hydroxyl groups excluding tert-OH is 8. The molecule has 34 heteroatoms. The molecule has 0 spiro atoms. The Hall–Kier alpha value is -5.76. The molecule has 0 aliphatic carbocycles. The molecule has 3 heterocycles. The van der Waals surface area contributed by atoms with Crippen LogP contribution < -0.4 is 21.3 Å². The fourth-order valence-electron chi connectivity index (χ4n) is 6.70. The number of halogens is 4. The molecule has 95 heavy (non-hydrogen) atoms. The maximum absolute atomic E-state index is 13.4. The summed E-state index contributed by atoms with van der Waals surface area (Å²) in [6, 6.07) is 6.56. The van der Waals surface area contributed by atoms with Crippen molar-refractivity contribution in [3.63, 3.8) is 0 Å². The number of aryl methyl sites for hydroxylation is 3.